The van der Waals surface area contributed by atoms with Gasteiger partial charge in [-0.2, -0.15) is 4.31 Å². The molecule has 0 aromatic heterocycles. The van der Waals surface area contributed by atoms with E-state index < -0.39 is 15.9 Å². The van der Waals surface area contributed by atoms with E-state index in [1.165, 1.54) is 43.7 Å². The van der Waals surface area contributed by atoms with Crippen molar-refractivity contribution in [3.05, 3.63) is 48.0 Å². The summed E-state index contributed by atoms with van der Waals surface area (Å²) in [6.45, 7) is 2.35. The molecule has 0 spiro atoms. The summed E-state index contributed by atoms with van der Waals surface area (Å²) in [5, 5.41) is 5.36. The first-order valence-electron chi connectivity index (χ1n) is 10.9. The van der Waals surface area contributed by atoms with Gasteiger partial charge in [-0.25, -0.2) is 8.42 Å². The summed E-state index contributed by atoms with van der Waals surface area (Å²) in [6.07, 6.45) is 5.49. The van der Waals surface area contributed by atoms with Crippen molar-refractivity contribution in [3.8, 4) is 11.5 Å². The molecule has 1 saturated heterocycles. The zero-order valence-electron chi connectivity index (χ0n) is 19.5. The van der Waals surface area contributed by atoms with E-state index in [9.17, 15) is 18.0 Å². The highest BCUT2D eigenvalue weighted by Crippen LogP contribution is 2.30. The Bertz CT molecular complexity index is 1190. The second-order valence-electron chi connectivity index (χ2n) is 7.79. The van der Waals surface area contributed by atoms with Crippen molar-refractivity contribution in [2.75, 3.05) is 37.9 Å². The number of carbonyl (C=O) groups is 2. The molecule has 3 rings (SSSR count). The Labute approximate surface area is 199 Å². The number of hydrogen-bond acceptors (Lipinski definition) is 6. The molecule has 34 heavy (non-hydrogen) atoms. The van der Waals surface area contributed by atoms with Gasteiger partial charge >= 0.3 is 0 Å². The number of piperidine rings is 1. The van der Waals surface area contributed by atoms with E-state index in [1.54, 1.807) is 30.3 Å². The number of carbonyl (C=O) groups excluding carboxylic acids is 2. The summed E-state index contributed by atoms with van der Waals surface area (Å²) in [5.41, 5.74) is 1.42. The van der Waals surface area contributed by atoms with E-state index in [0.29, 0.717) is 35.8 Å². The Morgan fingerprint density at radius 1 is 0.941 bits per heavy atom. The number of ether oxygens (including phenoxy) is 2. The van der Waals surface area contributed by atoms with E-state index >= 15 is 0 Å². The summed E-state index contributed by atoms with van der Waals surface area (Å²) in [5.74, 6) is -0.00593. The first kappa shape index (κ1) is 25.3. The maximum absolute atomic E-state index is 13.2. The summed E-state index contributed by atoms with van der Waals surface area (Å²) in [7, 11) is -0.816. The van der Waals surface area contributed by atoms with Gasteiger partial charge in [-0.1, -0.05) is 12.5 Å². The van der Waals surface area contributed by atoms with Gasteiger partial charge in [0.05, 0.1) is 19.9 Å². The molecule has 2 aromatic carbocycles. The van der Waals surface area contributed by atoms with Crippen LogP contribution in [0.3, 0.4) is 0 Å². The third kappa shape index (κ3) is 6.15. The van der Waals surface area contributed by atoms with Crippen molar-refractivity contribution in [2.24, 2.45) is 0 Å². The molecular weight excluding hydrogens is 458 g/mol. The van der Waals surface area contributed by atoms with Crippen molar-refractivity contribution in [1.29, 1.82) is 0 Å². The fourth-order valence-electron chi connectivity index (χ4n) is 3.68. The molecule has 0 radical (unpaired) electrons. The van der Waals surface area contributed by atoms with Crippen LogP contribution in [0.1, 0.15) is 31.7 Å². The smallest absolute Gasteiger partial charge is 0.248 e. The lowest BCUT2D eigenvalue weighted by Crippen LogP contribution is -2.35. The summed E-state index contributed by atoms with van der Waals surface area (Å²) >= 11 is 0. The first-order valence-corrected chi connectivity index (χ1v) is 12.3. The highest BCUT2D eigenvalue weighted by atomic mass is 32.2. The number of nitrogens with zero attached hydrogens (tertiary/aromatic N) is 1. The zero-order chi connectivity index (χ0) is 24.7. The molecule has 182 valence electrons. The minimum atomic E-state index is -3.72. The number of hydrogen-bond donors (Lipinski definition) is 2. The molecule has 2 aromatic rings. The van der Waals surface area contributed by atoms with Crippen LogP contribution in [0.15, 0.2) is 47.4 Å². The van der Waals surface area contributed by atoms with Gasteiger partial charge in [-0.15, -0.1) is 0 Å². The molecule has 0 bridgehead atoms. The second-order valence-corrected chi connectivity index (χ2v) is 9.70. The minimum absolute atomic E-state index is 0.0733. The largest absolute Gasteiger partial charge is 0.495 e. The molecule has 9 nitrogen and oxygen atoms in total. The molecule has 1 heterocycles. The average molecular weight is 488 g/mol. The summed E-state index contributed by atoms with van der Waals surface area (Å²) in [4.78, 5) is 23.9. The van der Waals surface area contributed by atoms with E-state index in [2.05, 4.69) is 10.6 Å². The molecule has 1 aliphatic heterocycles. The molecule has 1 fully saturated rings. The Hall–Kier alpha value is -3.37. The number of nitrogens with one attached hydrogen (secondary N) is 2. The van der Waals surface area contributed by atoms with Crippen LogP contribution in [-0.2, 0) is 19.6 Å². The van der Waals surface area contributed by atoms with E-state index in [0.717, 1.165) is 19.3 Å². The third-order valence-electron chi connectivity index (χ3n) is 5.33. The quantitative estimate of drug-likeness (QED) is 0.551. The molecule has 2 N–H and O–H groups in total. The van der Waals surface area contributed by atoms with Gasteiger partial charge in [0.1, 0.15) is 16.4 Å². The minimum Gasteiger partial charge on any atom is -0.495 e. The Kier molecular flexibility index (Phi) is 8.30. The molecule has 0 unspecified atom stereocenters. The lowest BCUT2D eigenvalue weighted by atomic mass is 10.2. The third-order valence-corrected chi connectivity index (χ3v) is 7.25. The molecule has 2 amide bonds. The fraction of sp³-hybridized carbons (Fsp3) is 0.333. The zero-order valence-corrected chi connectivity index (χ0v) is 20.3. The Morgan fingerprint density at radius 2 is 1.62 bits per heavy atom. The SMILES string of the molecule is COc1ccc(NC(C)=O)cc1NC(=O)/C=C/c1ccc(OC)c(S(=O)(=O)N2CCCCC2)c1. The standard InChI is InChI=1S/C24H29N3O6S/c1-17(28)25-19-9-11-21(32-2)20(16-19)26-24(29)12-8-18-7-10-22(33-3)23(15-18)34(30,31)27-13-5-4-6-14-27/h7-12,15-16H,4-6,13-14H2,1-3H3,(H,25,28)(H,26,29)/b12-8+. The van der Waals surface area contributed by atoms with Gasteiger partial charge in [-0.3, -0.25) is 9.59 Å². The highest BCUT2D eigenvalue weighted by molar-refractivity contribution is 7.89. The van der Waals surface area contributed by atoms with Crippen LogP contribution in [0.5, 0.6) is 11.5 Å². The predicted molar refractivity (Wildman–Crippen MR) is 131 cm³/mol. The maximum Gasteiger partial charge on any atom is 0.248 e. The van der Waals surface area contributed by atoms with Gasteiger partial charge in [-0.05, 0) is 54.8 Å². The van der Waals surface area contributed by atoms with Gasteiger partial charge in [0.25, 0.3) is 0 Å². The van der Waals surface area contributed by atoms with E-state index in [1.807, 2.05) is 0 Å². The van der Waals surface area contributed by atoms with Crippen LogP contribution in [0.2, 0.25) is 0 Å². The van der Waals surface area contributed by atoms with Crippen LogP contribution in [0.4, 0.5) is 11.4 Å². The number of benzene rings is 2. The monoisotopic (exact) mass is 487 g/mol. The van der Waals surface area contributed by atoms with Crippen molar-refractivity contribution in [3.63, 3.8) is 0 Å². The van der Waals surface area contributed by atoms with Gasteiger partial charge in [0.2, 0.25) is 21.8 Å². The number of methoxy groups -OCH3 is 2. The Balaban J connectivity index is 1.81. The molecule has 0 aliphatic carbocycles. The van der Waals surface area contributed by atoms with Crippen molar-refractivity contribution in [1.82, 2.24) is 4.31 Å². The van der Waals surface area contributed by atoms with Crippen molar-refractivity contribution >= 4 is 39.3 Å². The predicted octanol–water partition coefficient (Wildman–Crippen LogP) is 3.49. The van der Waals surface area contributed by atoms with Gasteiger partial charge < -0.3 is 20.1 Å². The lowest BCUT2D eigenvalue weighted by Gasteiger charge is -2.26. The summed E-state index contributed by atoms with van der Waals surface area (Å²) in [6, 6.07) is 9.64. The average Bonchev–Trinajstić information content (AvgIpc) is 2.83. The molecule has 0 saturated carbocycles. The summed E-state index contributed by atoms with van der Waals surface area (Å²) < 4.78 is 38.4. The van der Waals surface area contributed by atoms with Crippen LogP contribution in [0, 0.1) is 0 Å². The van der Waals surface area contributed by atoms with Crippen LogP contribution < -0.4 is 20.1 Å². The normalized spacial score (nSPS) is 14.6. The lowest BCUT2D eigenvalue weighted by molar-refractivity contribution is -0.114. The van der Waals surface area contributed by atoms with Crippen molar-refractivity contribution in [2.45, 2.75) is 31.1 Å². The highest BCUT2D eigenvalue weighted by Gasteiger charge is 2.29. The molecule has 0 atom stereocenters. The second kappa shape index (κ2) is 11.2. The molecule has 10 heteroatoms. The molecule has 1 aliphatic rings. The first-order chi connectivity index (χ1) is 16.2. The maximum atomic E-state index is 13.2. The number of sulfonamides is 1. The number of amides is 2. The topological polar surface area (TPSA) is 114 Å². The van der Waals surface area contributed by atoms with E-state index in [4.69, 9.17) is 9.47 Å². The van der Waals surface area contributed by atoms with E-state index in [-0.39, 0.29) is 16.6 Å². The molecular formula is C24H29N3O6S. The van der Waals surface area contributed by atoms with Gasteiger partial charge in [0, 0.05) is 31.8 Å². The number of rotatable bonds is 8. The van der Waals surface area contributed by atoms with Crippen molar-refractivity contribution < 1.29 is 27.5 Å². The van der Waals surface area contributed by atoms with Crippen LogP contribution in [0.25, 0.3) is 6.08 Å². The van der Waals surface area contributed by atoms with Gasteiger partial charge in [0.15, 0.2) is 0 Å². The van der Waals surface area contributed by atoms with Crippen LogP contribution in [-0.4, -0.2) is 51.8 Å². The number of anilines is 2. The fourth-order valence-corrected chi connectivity index (χ4v) is 5.38. The Morgan fingerprint density at radius 3 is 2.26 bits per heavy atom. The van der Waals surface area contributed by atoms with Crippen LogP contribution >= 0.6 is 0 Å².